The summed E-state index contributed by atoms with van der Waals surface area (Å²) < 4.78 is 16.2. The van der Waals surface area contributed by atoms with Crippen molar-refractivity contribution in [1.82, 2.24) is 10.2 Å². The molecule has 11 heteroatoms. The van der Waals surface area contributed by atoms with Crippen LogP contribution in [0.4, 0.5) is 5.13 Å². The van der Waals surface area contributed by atoms with Crippen LogP contribution in [0.3, 0.4) is 0 Å². The second-order valence-corrected chi connectivity index (χ2v) is 8.82. The summed E-state index contributed by atoms with van der Waals surface area (Å²) in [5.41, 5.74) is -0.195. The molecule has 4 rings (SSSR count). The van der Waals surface area contributed by atoms with Crippen LogP contribution in [0.15, 0.2) is 50.1 Å². The second-order valence-electron chi connectivity index (χ2n) is 6.62. The summed E-state index contributed by atoms with van der Waals surface area (Å²) in [5, 5.41) is 11.1. The van der Waals surface area contributed by atoms with Gasteiger partial charge in [0.1, 0.15) is 17.8 Å². The average molecular weight is 460 g/mol. The van der Waals surface area contributed by atoms with Crippen molar-refractivity contribution >= 4 is 40.1 Å². The lowest BCUT2D eigenvalue weighted by Gasteiger charge is -2.05. The number of methoxy groups -OCH3 is 1. The van der Waals surface area contributed by atoms with Crippen molar-refractivity contribution in [1.29, 1.82) is 0 Å². The normalized spacial score (nSPS) is 12.9. The first kappa shape index (κ1) is 21.1. The van der Waals surface area contributed by atoms with Gasteiger partial charge in [-0.05, 0) is 37.1 Å². The van der Waals surface area contributed by atoms with Crippen LogP contribution in [-0.4, -0.2) is 29.2 Å². The van der Waals surface area contributed by atoms with E-state index in [-0.39, 0.29) is 23.1 Å². The van der Waals surface area contributed by atoms with E-state index in [4.69, 9.17) is 13.9 Å². The molecule has 0 atom stereocenters. The van der Waals surface area contributed by atoms with E-state index in [0.717, 1.165) is 19.1 Å². The predicted molar refractivity (Wildman–Crippen MR) is 114 cm³/mol. The summed E-state index contributed by atoms with van der Waals surface area (Å²) in [6, 6.07) is 7.58. The minimum atomic E-state index is -0.674. The van der Waals surface area contributed by atoms with Crippen molar-refractivity contribution in [2.24, 2.45) is 5.92 Å². The van der Waals surface area contributed by atoms with E-state index in [1.807, 2.05) is 0 Å². The van der Waals surface area contributed by atoms with Crippen LogP contribution in [0.25, 0.3) is 0 Å². The highest BCUT2D eigenvalue weighted by molar-refractivity contribution is 8.00. The Labute approximate surface area is 184 Å². The zero-order chi connectivity index (χ0) is 21.8. The van der Waals surface area contributed by atoms with Gasteiger partial charge < -0.3 is 19.2 Å². The summed E-state index contributed by atoms with van der Waals surface area (Å²) in [6.07, 6.45) is 2.94. The maximum absolute atomic E-state index is 12.3. The lowest BCUT2D eigenvalue weighted by atomic mass is 10.2. The van der Waals surface area contributed by atoms with Crippen molar-refractivity contribution in [2.45, 2.75) is 22.9 Å². The number of amides is 1. The monoisotopic (exact) mass is 459 g/mol. The predicted octanol–water partition coefficient (Wildman–Crippen LogP) is 3.36. The van der Waals surface area contributed by atoms with Crippen molar-refractivity contribution in [3.8, 4) is 11.5 Å². The molecular weight excluding hydrogens is 442 g/mol. The van der Waals surface area contributed by atoms with Gasteiger partial charge in [-0.2, -0.15) is 0 Å². The molecule has 31 heavy (non-hydrogen) atoms. The van der Waals surface area contributed by atoms with Gasteiger partial charge in [0.15, 0.2) is 4.34 Å². The van der Waals surface area contributed by atoms with Gasteiger partial charge in [-0.15, -0.1) is 10.2 Å². The van der Waals surface area contributed by atoms with Gasteiger partial charge in [0.25, 0.3) is 0 Å². The Morgan fingerprint density at radius 1 is 1.26 bits per heavy atom. The first-order valence-electron chi connectivity index (χ1n) is 9.27. The standard InChI is InChI=1S/C20H17N3O6S2/c1-27-13-6-4-12(5-7-13)18(26)29-16-9-28-14(8-15(16)24)10-30-20-23-22-19(31-20)21-17(25)11-2-3-11/h4-9,11H,2-3,10H2,1H3,(H,21,22,25). The third-order valence-corrected chi connectivity index (χ3v) is 6.30. The summed E-state index contributed by atoms with van der Waals surface area (Å²) in [4.78, 5) is 36.2. The molecule has 1 aliphatic rings. The highest BCUT2D eigenvalue weighted by atomic mass is 32.2. The molecule has 2 heterocycles. The molecule has 2 aromatic heterocycles. The molecule has 1 N–H and O–H groups in total. The van der Waals surface area contributed by atoms with Crippen LogP contribution in [0, 0.1) is 5.92 Å². The highest BCUT2D eigenvalue weighted by Crippen LogP contribution is 2.32. The highest BCUT2D eigenvalue weighted by Gasteiger charge is 2.30. The van der Waals surface area contributed by atoms with Gasteiger partial charge in [0.2, 0.25) is 22.2 Å². The number of nitrogens with zero attached hydrogens (tertiary/aromatic N) is 2. The molecule has 1 saturated carbocycles. The van der Waals surface area contributed by atoms with E-state index in [1.54, 1.807) is 12.1 Å². The number of hydrogen-bond acceptors (Lipinski definition) is 10. The summed E-state index contributed by atoms with van der Waals surface area (Å²) in [6.45, 7) is 0. The molecule has 3 aromatic rings. The number of thioether (sulfide) groups is 1. The Hall–Kier alpha value is -3.18. The molecule has 160 valence electrons. The van der Waals surface area contributed by atoms with Gasteiger partial charge in [-0.25, -0.2) is 4.79 Å². The number of carbonyl (C=O) groups excluding carboxylic acids is 2. The summed E-state index contributed by atoms with van der Waals surface area (Å²) in [5.74, 6) is 0.504. The molecule has 1 fully saturated rings. The van der Waals surface area contributed by atoms with Gasteiger partial charge in [0, 0.05) is 12.0 Å². The third-order valence-electron chi connectivity index (χ3n) is 4.30. The second kappa shape index (κ2) is 9.31. The fraction of sp³-hybridized carbons (Fsp3) is 0.250. The summed E-state index contributed by atoms with van der Waals surface area (Å²) in [7, 11) is 1.52. The smallest absolute Gasteiger partial charge is 0.343 e. The van der Waals surface area contributed by atoms with Crippen LogP contribution >= 0.6 is 23.1 Å². The number of aromatic nitrogens is 2. The number of esters is 1. The molecular formula is C20H17N3O6S2. The molecule has 0 radical (unpaired) electrons. The Balaban J connectivity index is 1.33. The molecule has 1 aromatic carbocycles. The minimum Gasteiger partial charge on any atom is -0.497 e. The molecule has 0 spiro atoms. The van der Waals surface area contributed by atoms with E-state index >= 15 is 0 Å². The van der Waals surface area contributed by atoms with Gasteiger partial charge in [-0.1, -0.05) is 23.1 Å². The lowest BCUT2D eigenvalue weighted by molar-refractivity contribution is -0.117. The van der Waals surface area contributed by atoms with Gasteiger partial charge in [0.05, 0.1) is 18.4 Å². The molecule has 0 unspecified atom stereocenters. The maximum Gasteiger partial charge on any atom is 0.343 e. The van der Waals surface area contributed by atoms with Crippen molar-refractivity contribution in [2.75, 3.05) is 12.4 Å². The molecule has 0 saturated heterocycles. The number of hydrogen-bond donors (Lipinski definition) is 1. The van der Waals surface area contributed by atoms with Crippen LogP contribution in [0.5, 0.6) is 11.5 Å². The number of benzene rings is 1. The number of nitrogens with one attached hydrogen (secondary N) is 1. The van der Waals surface area contributed by atoms with E-state index in [0.29, 0.717) is 26.7 Å². The molecule has 1 amide bonds. The van der Waals surface area contributed by atoms with Crippen LogP contribution < -0.4 is 20.2 Å². The molecule has 9 nitrogen and oxygen atoms in total. The van der Waals surface area contributed by atoms with Crippen LogP contribution in [-0.2, 0) is 10.5 Å². The number of ether oxygens (including phenoxy) is 2. The van der Waals surface area contributed by atoms with Gasteiger partial charge in [-0.3, -0.25) is 9.59 Å². The van der Waals surface area contributed by atoms with E-state index in [2.05, 4.69) is 15.5 Å². The van der Waals surface area contributed by atoms with Crippen LogP contribution in [0.2, 0.25) is 0 Å². The number of carbonyl (C=O) groups is 2. The first-order valence-corrected chi connectivity index (χ1v) is 11.1. The fourth-order valence-corrected chi connectivity index (χ4v) is 4.12. The minimum absolute atomic E-state index is 0.0292. The zero-order valence-electron chi connectivity index (χ0n) is 16.3. The number of rotatable bonds is 8. The van der Waals surface area contributed by atoms with E-state index in [9.17, 15) is 14.4 Å². The SMILES string of the molecule is COc1ccc(C(=O)Oc2coc(CSc3nnc(NC(=O)C4CC4)s3)cc2=O)cc1. The fourth-order valence-electron chi connectivity index (χ4n) is 2.48. The third kappa shape index (κ3) is 5.50. The van der Waals surface area contributed by atoms with Crippen molar-refractivity contribution < 1.29 is 23.5 Å². The van der Waals surface area contributed by atoms with Crippen molar-refractivity contribution in [3.63, 3.8) is 0 Å². The molecule has 0 bridgehead atoms. The number of anilines is 1. The topological polar surface area (TPSA) is 121 Å². The lowest BCUT2D eigenvalue weighted by Crippen LogP contribution is -2.14. The quantitative estimate of drug-likeness (QED) is 0.307. The largest absolute Gasteiger partial charge is 0.497 e. The molecule has 0 aliphatic heterocycles. The van der Waals surface area contributed by atoms with E-state index in [1.165, 1.54) is 48.4 Å². The molecule has 1 aliphatic carbocycles. The van der Waals surface area contributed by atoms with E-state index < -0.39 is 11.4 Å². The van der Waals surface area contributed by atoms with Crippen LogP contribution in [0.1, 0.15) is 29.0 Å². The Morgan fingerprint density at radius 3 is 2.71 bits per heavy atom. The first-order chi connectivity index (χ1) is 15.0. The van der Waals surface area contributed by atoms with Crippen molar-refractivity contribution in [3.05, 3.63) is 58.1 Å². The maximum atomic E-state index is 12.3. The average Bonchev–Trinajstić information content (AvgIpc) is 3.54. The zero-order valence-corrected chi connectivity index (χ0v) is 18.0. The Kier molecular flexibility index (Phi) is 6.33. The Bertz CT molecular complexity index is 1150. The Morgan fingerprint density at radius 2 is 2.03 bits per heavy atom. The van der Waals surface area contributed by atoms with Gasteiger partial charge >= 0.3 is 5.97 Å². The summed E-state index contributed by atoms with van der Waals surface area (Å²) >= 11 is 2.57.